The lowest BCUT2D eigenvalue weighted by molar-refractivity contribution is 0.0780. The molecular weight excluding hydrogens is 266 g/mol. The third-order valence-corrected chi connectivity index (χ3v) is 4.13. The van der Waals surface area contributed by atoms with E-state index in [-0.39, 0.29) is 11.7 Å². The van der Waals surface area contributed by atoms with Gasteiger partial charge in [-0.05, 0) is 38.7 Å². The van der Waals surface area contributed by atoms with Crippen molar-refractivity contribution in [3.63, 3.8) is 0 Å². The van der Waals surface area contributed by atoms with Gasteiger partial charge in [0, 0.05) is 30.7 Å². The highest BCUT2D eigenvalue weighted by molar-refractivity contribution is 6.00. The second-order valence-corrected chi connectivity index (χ2v) is 5.72. The van der Waals surface area contributed by atoms with Crippen LogP contribution in [0.4, 0.5) is 0 Å². The van der Waals surface area contributed by atoms with Crippen LogP contribution < -0.4 is 0 Å². The second kappa shape index (κ2) is 5.33. The van der Waals surface area contributed by atoms with Gasteiger partial charge in [-0.25, -0.2) is 0 Å². The summed E-state index contributed by atoms with van der Waals surface area (Å²) in [6.07, 6.45) is 2.65. The largest absolute Gasteiger partial charge is 0.507 e. The minimum absolute atomic E-state index is 0.0220. The summed E-state index contributed by atoms with van der Waals surface area (Å²) in [6, 6.07) is 7.35. The number of phenolic OH excluding ortho intramolecular Hbond substituents is 1. The summed E-state index contributed by atoms with van der Waals surface area (Å²) in [4.78, 5) is 20.8. The number of likely N-dealkylation sites (N-methyl/N-ethyl adjacent to an activating group) is 1. The van der Waals surface area contributed by atoms with Gasteiger partial charge in [-0.1, -0.05) is 6.07 Å². The van der Waals surface area contributed by atoms with E-state index >= 15 is 0 Å². The first kappa shape index (κ1) is 13.8. The maximum atomic E-state index is 12.6. The first-order valence-electron chi connectivity index (χ1n) is 7.09. The van der Waals surface area contributed by atoms with E-state index in [4.69, 9.17) is 0 Å². The molecule has 110 valence electrons. The van der Waals surface area contributed by atoms with Gasteiger partial charge < -0.3 is 14.9 Å². The fraction of sp³-hybridized carbons (Fsp3) is 0.375. The first-order valence-corrected chi connectivity index (χ1v) is 7.09. The van der Waals surface area contributed by atoms with Crippen molar-refractivity contribution in [1.29, 1.82) is 0 Å². The van der Waals surface area contributed by atoms with E-state index in [1.54, 1.807) is 23.2 Å². The zero-order chi connectivity index (χ0) is 15.0. The number of hydrogen-bond acceptors (Lipinski definition) is 4. The number of aromatic nitrogens is 1. The molecule has 21 heavy (non-hydrogen) atoms. The highest BCUT2D eigenvalue weighted by Gasteiger charge is 2.29. The summed E-state index contributed by atoms with van der Waals surface area (Å²) >= 11 is 0. The molecule has 1 aliphatic heterocycles. The van der Waals surface area contributed by atoms with E-state index in [9.17, 15) is 9.90 Å². The molecule has 1 saturated heterocycles. The monoisotopic (exact) mass is 285 g/mol. The number of fused-ring (bicyclic) bond motifs is 1. The lowest BCUT2D eigenvalue weighted by Gasteiger charge is -2.20. The quantitative estimate of drug-likeness (QED) is 0.912. The van der Waals surface area contributed by atoms with Crippen LogP contribution in [0.2, 0.25) is 0 Å². The van der Waals surface area contributed by atoms with Gasteiger partial charge in [-0.2, -0.15) is 0 Å². The Labute approximate surface area is 123 Å². The SMILES string of the molecule is CN(C)C1CCN(C(=O)c2cc3ncccc3cc2O)C1. The zero-order valence-corrected chi connectivity index (χ0v) is 12.3. The zero-order valence-electron chi connectivity index (χ0n) is 12.3. The van der Waals surface area contributed by atoms with Crippen molar-refractivity contribution in [3.05, 3.63) is 36.0 Å². The maximum absolute atomic E-state index is 12.6. The highest BCUT2D eigenvalue weighted by Crippen LogP contribution is 2.26. The molecule has 1 atom stereocenters. The van der Waals surface area contributed by atoms with Crippen LogP contribution in [-0.2, 0) is 0 Å². The van der Waals surface area contributed by atoms with Gasteiger partial charge in [-0.3, -0.25) is 9.78 Å². The van der Waals surface area contributed by atoms with Gasteiger partial charge in [0.15, 0.2) is 0 Å². The lowest BCUT2D eigenvalue weighted by atomic mass is 10.1. The molecule has 1 N–H and O–H groups in total. The fourth-order valence-electron chi connectivity index (χ4n) is 2.80. The molecule has 1 aromatic heterocycles. The summed E-state index contributed by atoms with van der Waals surface area (Å²) < 4.78 is 0. The summed E-state index contributed by atoms with van der Waals surface area (Å²) in [5.74, 6) is -0.0989. The molecular formula is C16H19N3O2. The van der Waals surface area contributed by atoms with Crippen LogP contribution in [0, 0.1) is 0 Å². The molecule has 1 fully saturated rings. The van der Waals surface area contributed by atoms with Crippen LogP contribution in [0.25, 0.3) is 10.9 Å². The first-order chi connectivity index (χ1) is 10.1. The van der Waals surface area contributed by atoms with E-state index in [2.05, 4.69) is 9.88 Å². The van der Waals surface area contributed by atoms with Gasteiger partial charge in [-0.15, -0.1) is 0 Å². The molecule has 1 unspecified atom stereocenters. The summed E-state index contributed by atoms with van der Waals surface area (Å²) in [6.45, 7) is 1.42. The third-order valence-electron chi connectivity index (χ3n) is 4.13. The van der Waals surface area contributed by atoms with Crippen molar-refractivity contribution in [2.45, 2.75) is 12.5 Å². The second-order valence-electron chi connectivity index (χ2n) is 5.72. The van der Waals surface area contributed by atoms with Crippen LogP contribution in [0.5, 0.6) is 5.75 Å². The van der Waals surface area contributed by atoms with Crippen LogP contribution in [0.15, 0.2) is 30.5 Å². The van der Waals surface area contributed by atoms with E-state index in [1.165, 1.54) is 0 Å². The molecule has 1 aromatic carbocycles. The van der Waals surface area contributed by atoms with Crippen molar-refractivity contribution in [2.24, 2.45) is 0 Å². The predicted molar refractivity (Wildman–Crippen MR) is 81.4 cm³/mol. The topological polar surface area (TPSA) is 56.7 Å². The van der Waals surface area contributed by atoms with E-state index in [1.807, 2.05) is 26.2 Å². The molecule has 5 nitrogen and oxygen atoms in total. The Hall–Kier alpha value is -2.14. The molecule has 0 radical (unpaired) electrons. The summed E-state index contributed by atoms with van der Waals surface area (Å²) in [5, 5.41) is 11.0. The number of hydrogen-bond donors (Lipinski definition) is 1. The molecule has 5 heteroatoms. The minimum atomic E-state index is -0.121. The number of carbonyl (C=O) groups is 1. The normalized spacial score (nSPS) is 18.6. The van der Waals surface area contributed by atoms with Crippen molar-refractivity contribution in [2.75, 3.05) is 27.2 Å². The van der Waals surface area contributed by atoms with Crippen LogP contribution in [0.1, 0.15) is 16.8 Å². The fourth-order valence-corrected chi connectivity index (χ4v) is 2.80. The third kappa shape index (κ3) is 2.56. The number of aromatic hydroxyl groups is 1. The predicted octanol–water partition coefficient (Wildman–Crippen LogP) is 1.72. The smallest absolute Gasteiger partial charge is 0.257 e. The number of phenols is 1. The maximum Gasteiger partial charge on any atom is 0.257 e. The molecule has 1 aliphatic rings. The number of benzene rings is 1. The van der Waals surface area contributed by atoms with E-state index in [0.717, 1.165) is 23.9 Å². The Kier molecular flexibility index (Phi) is 3.51. The van der Waals surface area contributed by atoms with E-state index < -0.39 is 0 Å². The Morgan fingerprint density at radius 1 is 1.43 bits per heavy atom. The molecule has 3 rings (SSSR count). The number of rotatable bonds is 2. The lowest BCUT2D eigenvalue weighted by Crippen LogP contribution is -2.34. The van der Waals surface area contributed by atoms with Gasteiger partial charge >= 0.3 is 0 Å². The van der Waals surface area contributed by atoms with Crippen molar-refractivity contribution in [1.82, 2.24) is 14.8 Å². The Balaban J connectivity index is 1.90. The molecule has 0 aliphatic carbocycles. The molecule has 0 saturated carbocycles. The van der Waals surface area contributed by atoms with Crippen molar-refractivity contribution < 1.29 is 9.90 Å². The number of carbonyl (C=O) groups excluding carboxylic acids is 1. The van der Waals surface area contributed by atoms with Gasteiger partial charge in [0.2, 0.25) is 0 Å². The number of likely N-dealkylation sites (tertiary alicyclic amines) is 1. The van der Waals surface area contributed by atoms with Crippen molar-refractivity contribution >= 4 is 16.8 Å². The van der Waals surface area contributed by atoms with E-state index in [0.29, 0.717) is 18.2 Å². The van der Waals surface area contributed by atoms with Crippen LogP contribution in [-0.4, -0.2) is 59.0 Å². The van der Waals surface area contributed by atoms with Gasteiger partial charge in [0.25, 0.3) is 5.91 Å². The molecule has 2 aromatic rings. The average Bonchev–Trinajstić information content (AvgIpc) is 2.96. The minimum Gasteiger partial charge on any atom is -0.507 e. The summed E-state index contributed by atoms with van der Waals surface area (Å²) in [7, 11) is 4.05. The van der Waals surface area contributed by atoms with Crippen molar-refractivity contribution in [3.8, 4) is 5.75 Å². The highest BCUT2D eigenvalue weighted by atomic mass is 16.3. The van der Waals surface area contributed by atoms with Gasteiger partial charge in [0.1, 0.15) is 5.75 Å². The molecule has 0 bridgehead atoms. The van der Waals surface area contributed by atoms with Gasteiger partial charge in [0.05, 0.1) is 11.1 Å². The molecule has 0 spiro atoms. The number of pyridine rings is 1. The Morgan fingerprint density at radius 2 is 2.24 bits per heavy atom. The molecule has 1 amide bonds. The standard InChI is InChI=1S/C16H19N3O2/c1-18(2)12-5-7-19(10-12)16(21)13-9-14-11(8-15(13)20)4-3-6-17-14/h3-4,6,8-9,12,20H,5,7,10H2,1-2H3. The van der Waals surface area contributed by atoms with Crippen LogP contribution in [0.3, 0.4) is 0 Å². The number of amides is 1. The Morgan fingerprint density at radius 3 is 2.95 bits per heavy atom. The van der Waals surface area contributed by atoms with Crippen LogP contribution >= 0.6 is 0 Å². The number of nitrogens with zero attached hydrogens (tertiary/aromatic N) is 3. The summed E-state index contributed by atoms with van der Waals surface area (Å²) in [5.41, 5.74) is 1.06. The molecule has 2 heterocycles. The average molecular weight is 285 g/mol. The Bertz CT molecular complexity index is 684.